The van der Waals surface area contributed by atoms with E-state index in [0.29, 0.717) is 55.5 Å². The molecule has 6 aromatic rings. The number of anilines is 6. The minimum absolute atomic E-state index is 0.0323. The topological polar surface area (TPSA) is 453 Å². The summed E-state index contributed by atoms with van der Waals surface area (Å²) in [5.74, 6) is -7.41. The fraction of sp³-hybridized carbons (Fsp3) is 0.419. The van der Waals surface area contributed by atoms with E-state index in [9.17, 15) is 70.4 Å². The number of pyridine rings is 2. The number of hydrogen-bond donors (Lipinski definition) is 12. The van der Waals surface area contributed by atoms with E-state index in [4.69, 9.17) is 23.7 Å². The number of carbonyl (C=O) groups is 9. The molecular weight excluding hydrogens is 1490 g/mol. The van der Waals surface area contributed by atoms with Crippen LogP contribution < -0.4 is 62.0 Å². The molecule has 4 aromatic carbocycles. The van der Waals surface area contributed by atoms with E-state index in [2.05, 4.69) is 66.9 Å². The Morgan fingerprint density at radius 2 is 1.36 bits per heavy atom. The van der Waals surface area contributed by atoms with Crippen molar-refractivity contribution < 1.29 is 98.5 Å². The van der Waals surface area contributed by atoms with Crippen LogP contribution in [0.4, 0.5) is 57.5 Å². The summed E-state index contributed by atoms with van der Waals surface area (Å²) < 4.78 is 106. The van der Waals surface area contributed by atoms with E-state index in [0.717, 1.165) is 11.1 Å². The van der Waals surface area contributed by atoms with Crippen LogP contribution >= 0.6 is 0 Å². The van der Waals surface area contributed by atoms with Crippen molar-refractivity contribution in [3.63, 3.8) is 0 Å². The highest BCUT2D eigenvalue weighted by Gasteiger charge is 2.40. The zero-order valence-electron chi connectivity index (χ0n) is 61.8. The number of carboxylic acid groups (broad SMARTS) is 2. The van der Waals surface area contributed by atoms with Crippen molar-refractivity contribution in [2.24, 2.45) is 10.3 Å². The second kappa shape index (κ2) is 41.6. The molecule has 2 aliphatic rings. The molecule has 10 amide bonds. The minimum Gasteiger partial charge on any atom is -0.493 e. The van der Waals surface area contributed by atoms with Gasteiger partial charge in [0.2, 0.25) is 23.6 Å². The maximum atomic E-state index is 15.4. The van der Waals surface area contributed by atoms with Crippen molar-refractivity contribution >= 4 is 108 Å². The number of urea groups is 3. The summed E-state index contributed by atoms with van der Waals surface area (Å²) in [7, 11) is -7.62. The smallest absolute Gasteiger partial charge is 0.319 e. The van der Waals surface area contributed by atoms with Gasteiger partial charge in [-0.05, 0) is 141 Å². The Labute approximate surface area is 640 Å². The number of ether oxygens (including phenoxy) is 5. The maximum absolute atomic E-state index is 15.4. The van der Waals surface area contributed by atoms with Crippen LogP contribution in [0, 0.1) is 17.6 Å². The van der Waals surface area contributed by atoms with Gasteiger partial charge in [-0.25, -0.2) is 40.8 Å². The molecule has 8 rings (SSSR count). The highest BCUT2D eigenvalue weighted by Crippen LogP contribution is 2.36. The lowest BCUT2D eigenvalue weighted by molar-refractivity contribution is -0.146. The lowest BCUT2D eigenvalue weighted by Gasteiger charge is -2.29. The summed E-state index contributed by atoms with van der Waals surface area (Å²) in [4.78, 5) is 127. The van der Waals surface area contributed by atoms with Crippen LogP contribution in [0.2, 0.25) is 0 Å². The molecule has 4 bridgehead atoms. The number of likely N-dealkylation sites (tertiary alicyclic amines) is 1. The van der Waals surface area contributed by atoms with Gasteiger partial charge >= 0.3 is 30.0 Å². The summed E-state index contributed by atoms with van der Waals surface area (Å²) in [6, 6.07) is 18.8. The molecule has 0 saturated carbocycles. The number of halogens is 2. The molecule has 33 nitrogen and oxygen atoms in total. The fourth-order valence-corrected chi connectivity index (χ4v) is 14.1. The van der Waals surface area contributed by atoms with Gasteiger partial charge in [-0.15, -0.1) is 0 Å². The van der Waals surface area contributed by atoms with Crippen molar-refractivity contribution in [2.75, 3.05) is 98.1 Å². The summed E-state index contributed by atoms with van der Waals surface area (Å²) >= 11 is 0. The maximum Gasteiger partial charge on any atom is 0.319 e. The third-order valence-electron chi connectivity index (χ3n) is 16.9. The van der Waals surface area contributed by atoms with Crippen LogP contribution in [0.15, 0.2) is 125 Å². The predicted molar refractivity (Wildman–Crippen MR) is 406 cm³/mol. The van der Waals surface area contributed by atoms with Gasteiger partial charge in [0.15, 0.2) is 0 Å². The molecule has 4 heterocycles. The molecule has 1 fully saturated rings. The van der Waals surface area contributed by atoms with Gasteiger partial charge in [-0.3, -0.25) is 33.5 Å². The van der Waals surface area contributed by atoms with Gasteiger partial charge in [0, 0.05) is 78.3 Å². The first kappa shape index (κ1) is 85.5. The first-order valence-corrected chi connectivity index (χ1v) is 39.4. The number of rotatable bonds is 34. The monoisotopic (exact) mass is 1580 g/mol. The largest absolute Gasteiger partial charge is 0.493 e. The molecule has 598 valence electrons. The number of carbonyl (C=O) groups excluding carboxylic acids is 7. The average Bonchev–Trinajstić information content (AvgIpc) is 1.35. The number of nitrogens with zero attached hydrogens (tertiary/aromatic N) is 4. The van der Waals surface area contributed by atoms with Crippen molar-refractivity contribution in [2.45, 2.75) is 126 Å². The molecule has 0 aliphatic carbocycles. The molecule has 2 aliphatic heterocycles. The Morgan fingerprint density at radius 3 is 2.06 bits per heavy atom. The highest BCUT2D eigenvalue weighted by molar-refractivity contribution is 7.93. The molecule has 6 atom stereocenters. The SMILES string of the molecule is CCCNC(=O)Nc1cccc(S(=O)(=O)Nc2cccc(C(CC(=O)O)NC(=O)Nc3ccc(NC(=O)NCCOCCOCCOCCC(=O)NC(CC(=O)O)C(=O)N4CCCC4C(=O)NC(C(=O)N=S(C)(=O)Cc4cc5nc(c4)OC(C)CCCCOc4cc(F)ccc4-c4cc(ncc4F)N5)C(C)C)cc3)c2)c1. The predicted octanol–water partition coefficient (Wildman–Crippen LogP) is 8.64. The quantitative estimate of drug-likeness (QED) is 0.0168. The average molecular weight is 1580 g/mol. The first-order chi connectivity index (χ1) is 53.0. The Balaban J connectivity index is 0.719. The molecule has 12 N–H and O–H groups in total. The van der Waals surface area contributed by atoms with E-state index in [1.807, 2.05) is 13.8 Å². The number of nitrogens with one attached hydrogen (secondary N) is 10. The molecule has 2 aromatic heterocycles. The van der Waals surface area contributed by atoms with Crippen LogP contribution in [-0.4, -0.2) is 188 Å². The van der Waals surface area contributed by atoms with Gasteiger partial charge in [-0.2, -0.15) is 9.35 Å². The molecule has 0 spiro atoms. The number of fused-ring (bicyclic) bond motifs is 6. The normalized spacial score (nSPS) is 15.5. The van der Waals surface area contributed by atoms with E-state index in [1.54, 1.807) is 26.0 Å². The Kier molecular flexibility index (Phi) is 32.0. The van der Waals surface area contributed by atoms with Gasteiger partial charge in [0.25, 0.3) is 15.9 Å². The Bertz CT molecular complexity index is 4540. The van der Waals surface area contributed by atoms with Crippen LogP contribution in [-0.2, 0) is 68.5 Å². The highest BCUT2D eigenvalue weighted by atomic mass is 32.2. The van der Waals surface area contributed by atoms with E-state index in [-0.39, 0.29) is 140 Å². The van der Waals surface area contributed by atoms with Crippen molar-refractivity contribution in [1.82, 2.24) is 41.5 Å². The van der Waals surface area contributed by atoms with Gasteiger partial charge in [0.05, 0.1) is 97.8 Å². The lowest BCUT2D eigenvalue weighted by Crippen LogP contribution is -2.56. The number of aromatic nitrogens is 2. The van der Waals surface area contributed by atoms with Crippen LogP contribution in [0.3, 0.4) is 0 Å². The third-order valence-corrected chi connectivity index (χ3v) is 19.7. The van der Waals surface area contributed by atoms with Crippen LogP contribution in [0.25, 0.3) is 11.1 Å². The molecule has 111 heavy (non-hydrogen) atoms. The summed E-state index contributed by atoms with van der Waals surface area (Å²) in [6.07, 6.45) is 3.22. The third kappa shape index (κ3) is 27.7. The van der Waals surface area contributed by atoms with Crippen LogP contribution in [0.1, 0.15) is 103 Å². The van der Waals surface area contributed by atoms with Crippen molar-refractivity contribution in [3.8, 4) is 22.8 Å². The molecule has 6 unspecified atom stereocenters. The standard InChI is InChI=1S/C74H92F2N14O19S2/c1-6-25-77-72(99)82-52-14-10-16-54(39-52)111(103,104)88-53-15-9-13-48(37-53)58(41-66(92)93)84-74(101)81-51-21-19-50(20-22-51)80-73(100)78-26-30-106-32-34-107-33-31-105-29-24-64(91)83-59(42-67(94)95)71(98)90-27-11-17-60(90)69(96)87-68(45(2)3)70(97)89-110(5,102)44-47-35-63-85-62-40-56(57(76)43-79-62)55-23-18-49(75)38-61(55)108-28-8-7-12-46(4)109-65(36-47)86-63/h9-10,13-16,18-23,35-40,43,45-46,58-60,68,88H,6-8,11-12,17,24-34,41-42,44H2,1-5H3,(H,83,91)(H,87,96)(H,92,93)(H,94,95)(H2,77,82,99)(H2,78,80,100)(H,79,85,86)(H2,81,84,101). The summed E-state index contributed by atoms with van der Waals surface area (Å²) in [5.41, 5.74) is 1.99. The molecular formula is C74H92F2N14O19S2. The summed E-state index contributed by atoms with van der Waals surface area (Å²) in [6.45, 7) is 8.25. The second-order valence-corrected chi connectivity index (χ2v) is 30.5. The number of sulfonamides is 1. The van der Waals surface area contributed by atoms with Gasteiger partial charge < -0.3 is 86.6 Å². The molecule has 0 radical (unpaired) electrons. The zero-order valence-corrected chi connectivity index (χ0v) is 63.4. The summed E-state index contributed by atoms with van der Waals surface area (Å²) in [5, 5.41) is 43.3. The van der Waals surface area contributed by atoms with E-state index >= 15 is 4.39 Å². The van der Waals surface area contributed by atoms with E-state index in [1.165, 1.54) is 103 Å². The van der Waals surface area contributed by atoms with Gasteiger partial charge in [-0.1, -0.05) is 39.0 Å². The zero-order chi connectivity index (χ0) is 80.2. The number of aliphatic carboxylic acids is 2. The first-order valence-electron chi connectivity index (χ1n) is 35.8. The van der Waals surface area contributed by atoms with Crippen LogP contribution in [0.5, 0.6) is 11.6 Å². The second-order valence-electron chi connectivity index (χ2n) is 26.4. The number of hydrogen-bond acceptors (Lipinski definition) is 20. The lowest BCUT2D eigenvalue weighted by atomic mass is 10.0. The number of amides is 10. The van der Waals surface area contributed by atoms with Crippen molar-refractivity contribution in [3.05, 3.63) is 138 Å². The van der Waals surface area contributed by atoms with Gasteiger partial charge in [0.1, 0.15) is 47.1 Å². The van der Waals surface area contributed by atoms with Crippen molar-refractivity contribution in [1.29, 1.82) is 0 Å². The number of carboxylic acids is 2. The Morgan fingerprint density at radius 1 is 0.694 bits per heavy atom. The molecule has 1 saturated heterocycles. The molecule has 37 heteroatoms. The number of benzene rings is 4. The Hall–Kier alpha value is -11.2. The van der Waals surface area contributed by atoms with E-state index < -0.39 is 128 Å². The minimum atomic E-state index is -4.19. The fourth-order valence-electron chi connectivity index (χ4n) is 11.6.